The molecule has 0 saturated carbocycles. The molecule has 74 valence electrons. The van der Waals surface area contributed by atoms with Crippen LogP contribution in [0.15, 0.2) is 18.2 Å². The SMILES string of the molecule is CC.Cc1cccc(F)c1N(C)C. The van der Waals surface area contributed by atoms with Crippen molar-refractivity contribution in [1.82, 2.24) is 0 Å². The van der Waals surface area contributed by atoms with E-state index in [2.05, 4.69) is 0 Å². The minimum atomic E-state index is -0.157. The molecule has 0 aliphatic rings. The van der Waals surface area contributed by atoms with Crippen LogP contribution in [0.25, 0.3) is 0 Å². The summed E-state index contributed by atoms with van der Waals surface area (Å²) in [6.45, 7) is 5.90. The fourth-order valence-corrected chi connectivity index (χ4v) is 1.19. The van der Waals surface area contributed by atoms with Gasteiger partial charge in [-0.05, 0) is 18.6 Å². The van der Waals surface area contributed by atoms with Gasteiger partial charge < -0.3 is 4.90 Å². The first-order valence-electron chi connectivity index (χ1n) is 4.55. The molecule has 0 aromatic heterocycles. The quantitative estimate of drug-likeness (QED) is 0.646. The molecule has 0 unspecified atom stereocenters. The van der Waals surface area contributed by atoms with Gasteiger partial charge in [-0.2, -0.15) is 0 Å². The van der Waals surface area contributed by atoms with E-state index < -0.39 is 0 Å². The fraction of sp³-hybridized carbons (Fsp3) is 0.455. The first kappa shape index (κ1) is 11.9. The van der Waals surface area contributed by atoms with Gasteiger partial charge in [0.25, 0.3) is 0 Å². The highest BCUT2D eigenvalue weighted by molar-refractivity contribution is 5.52. The number of nitrogens with zero attached hydrogens (tertiary/aromatic N) is 1. The number of aryl methyl sites for hydroxylation is 1. The van der Waals surface area contributed by atoms with Gasteiger partial charge in [-0.15, -0.1) is 0 Å². The number of rotatable bonds is 1. The Labute approximate surface area is 80.2 Å². The number of hydrogen-bond donors (Lipinski definition) is 0. The molecule has 0 fully saturated rings. The lowest BCUT2D eigenvalue weighted by Gasteiger charge is -2.15. The molecule has 2 heteroatoms. The Kier molecular flexibility index (Phi) is 5.12. The zero-order valence-electron chi connectivity index (χ0n) is 9.06. The predicted molar refractivity (Wildman–Crippen MR) is 56.8 cm³/mol. The van der Waals surface area contributed by atoms with Crippen molar-refractivity contribution in [3.8, 4) is 0 Å². The minimum Gasteiger partial charge on any atom is -0.375 e. The molecule has 0 radical (unpaired) electrons. The molecule has 13 heavy (non-hydrogen) atoms. The minimum absolute atomic E-state index is 0.157. The predicted octanol–water partition coefficient (Wildman–Crippen LogP) is 3.23. The van der Waals surface area contributed by atoms with Crippen molar-refractivity contribution in [3.63, 3.8) is 0 Å². The van der Waals surface area contributed by atoms with Gasteiger partial charge in [0.1, 0.15) is 5.82 Å². The maximum atomic E-state index is 13.1. The summed E-state index contributed by atoms with van der Waals surface area (Å²) in [5, 5.41) is 0. The van der Waals surface area contributed by atoms with Crippen molar-refractivity contribution in [1.29, 1.82) is 0 Å². The van der Waals surface area contributed by atoms with Crippen molar-refractivity contribution in [3.05, 3.63) is 29.6 Å². The summed E-state index contributed by atoms with van der Waals surface area (Å²) in [4.78, 5) is 1.78. The molecule has 0 amide bonds. The van der Waals surface area contributed by atoms with Crippen LogP contribution in [0.5, 0.6) is 0 Å². The lowest BCUT2D eigenvalue weighted by molar-refractivity contribution is 0.625. The third kappa shape index (κ3) is 3.05. The van der Waals surface area contributed by atoms with Crippen LogP contribution in [-0.4, -0.2) is 14.1 Å². The van der Waals surface area contributed by atoms with Gasteiger partial charge in [-0.3, -0.25) is 0 Å². The Balaban J connectivity index is 0.000000671. The van der Waals surface area contributed by atoms with Gasteiger partial charge in [0.2, 0.25) is 0 Å². The van der Waals surface area contributed by atoms with E-state index in [0.717, 1.165) is 5.56 Å². The number of anilines is 1. The molecule has 0 atom stereocenters. The molecule has 0 spiro atoms. The van der Waals surface area contributed by atoms with Gasteiger partial charge in [0.15, 0.2) is 0 Å². The number of para-hydroxylation sites is 1. The molecule has 0 saturated heterocycles. The van der Waals surface area contributed by atoms with Crippen LogP contribution >= 0.6 is 0 Å². The number of hydrogen-bond acceptors (Lipinski definition) is 1. The van der Waals surface area contributed by atoms with E-state index in [4.69, 9.17) is 0 Å². The van der Waals surface area contributed by atoms with Gasteiger partial charge in [-0.1, -0.05) is 26.0 Å². The highest BCUT2D eigenvalue weighted by Crippen LogP contribution is 2.20. The van der Waals surface area contributed by atoms with Crippen LogP contribution in [0.2, 0.25) is 0 Å². The van der Waals surface area contributed by atoms with E-state index in [9.17, 15) is 4.39 Å². The Morgan fingerprint density at radius 1 is 1.15 bits per heavy atom. The van der Waals surface area contributed by atoms with E-state index in [1.807, 2.05) is 40.9 Å². The molecule has 1 nitrogen and oxygen atoms in total. The average Bonchev–Trinajstić information content (AvgIpc) is 2.07. The van der Waals surface area contributed by atoms with E-state index in [1.54, 1.807) is 11.0 Å². The molecule has 1 rings (SSSR count). The molecule has 1 aromatic rings. The Bertz CT molecular complexity index is 236. The maximum Gasteiger partial charge on any atom is 0.146 e. The van der Waals surface area contributed by atoms with Crippen molar-refractivity contribution in [2.75, 3.05) is 19.0 Å². The second kappa shape index (κ2) is 5.57. The van der Waals surface area contributed by atoms with E-state index in [1.165, 1.54) is 6.07 Å². The van der Waals surface area contributed by atoms with Crippen molar-refractivity contribution in [2.24, 2.45) is 0 Å². The molecule has 0 heterocycles. The molecular weight excluding hydrogens is 165 g/mol. The van der Waals surface area contributed by atoms with Crippen molar-refractivity contribution >= 4 is 5.69 Å². The molecule has 0 N–H and O–H groups in total. The highest BCUT2D eigenvalue weighted by Gasteiger charge is 2.05. The summed E-state index contributed by atoms with van der Waals surface area (Å²) in [7, 11) is 3.68. The van der Waals surface area contributed by atoms with E-state index in [0.29, 0.717) is 5.69 Å². The van der Waals surface area contributed by atoms with Gasteiger partial charge >= 0.3 is 0 Å². The first-order chi connectivity index (χ1) is 6.13. The van der Waals surface area contributed by atoms with Gasteiger partial charge in [0.05, 0.1) is 5.69 Å². The third-order valence-corrected chi connectivity index (χ3v) is 1.64. The van der Waals surface area contributed by atoms with Crippen LogP contribution in [-0.2, 0) is 0 Å². The van der Waals surface area contributed by atoms with Crippen molar-refractivity contribution in [2.45, 2.75) is 20.8 Å². The van der Waals surface area contributed by atoms with Gasteiger partial charge in [-0.25, -0.2) is 4.39 Å². The summed E-state index contributed by atoms with van der Waals surface area (Å²) in [5.74, 6) is -0.157. The van der Waals surface area contributed by atoms with Crippen LogP contribution in [0.4, 0.5) is 10.1 Å². The monoisotopic (exact) mass is 183 g/mol. The van der Waals surface area contributed by atoms with Crippen molar-refractivity contribution < 1.29 is 4.39 Å². The molecular formula is C11H18FN. The van der Waals surface area contributed by atoms with E-state index in [-0.39, 0.29) is 5.82 Å². The topological polar surface area (TPSA) is 3.24 Å². The van der Waals surface area contributed by atoms with Crippen LogP contribution in [0.1, 0.15) is 19.4 Å². The summed E-state index contributed by atoms with van der Waals surface area (Å²) in [6, 6.07) is 5.10. The van der Waals surface area contributed by atoms with E-state index >= 15 is 0 Å². The normalized spacial score (nSPS) is 8.77. The summed E-state index contributed by atoms with van der Waals surface area (Å²) in [6.07, 6.45) is 0. The standard InChI is InChI=1S/C9H12FN.C2H6/c1-7-5-4-6-8(10)9(7)11(2)3;1-2/h4-6H,1-3H3;1-2H3. The molecule has 0 bridgehead atoms. The Hall–Kier alpha value is -1.05. The van der Waals surface area contributed by atoms with Crippen LogP contribution in [0.3, 0.4) is 0 Å². The smallest absolute Gasteiger partial charge is 0.146 e. The molecule has 0 aliphatic heterocycles. The second-order valence-corrected chi connectivity index (χ2v) is 2.80. The molecule has 0 aliphatic carbocycles. The second-order valence-electron chi connectivity index (χ2n) is 2.80. The third-order valence-electron chi connectivity index (χ3n) is 1.64. The first-order valence-corrected chi connectivity index (χ1v) is 4.55. The lowest BCUT2D eigenvalue weighted by Crippen LogP contribution is -2.12. The van der Waals surface area contributed by atoms with Crippen LogP contribution < -0.4 is 4.90 Å². The Morgan fingerprint density at radius 2 is 1.69 bits per heavy atom. The summed E-state index contributed by atoms with van der Waals surface area (Å²) < 4.78 is 13.1. The van der Waals surface area contributed by atoms with Crippen LogP contribution in [0, 0.1) is 12.7 Å². The zero-order chi connectivity index (χ0) is 10.4. The lowest BCUT2D eigenvalue weighted by atomic mass is 10.2. The summed E-state index contributed by atoms with van der Waals surface area (Å²) >= 11 is 0. The summed E-state index contributed by atoms with van der Waals surface area (Å²) in [5.41, 5.74) is 1.64. The number of benzene rings is 1. The average molecular weight is 183 g/mol. The highest BCUT2D eigenvalue weighted by atomic mass is 19.1. The Morgan fingerprint density at radius 3 is 2.00 bits per heavy atom. The maximum absolute atomic E-state index is 13.1. The van der Waals surface area contributed by atoms with Gasteiger partial charge in [0, 0.05) is 14.1 Å². The fourth-order valence-electron chi connectivity index (χ4n) is 1.19. The number of halogens is 1. The largest absolute Gasteiger partial charge is 0.375 e. The molecule has 1 aromatic carbocycles. The zero-order valence-corrected chi connectivity index (χ0v) is 9.06.